The fourth-order valence-electron chi connectivity index (χ4n) is 1.11. The molecule has 0 spiro atoms. The van der Waals surface area contributed by atoms with Gasteiger partial charge in [0, 0.05) is 5.25 Å². The molecular formula is C10H14S. The summed E-state index contributed by atoms with van der Waals surface area (Å²) in [7, 11) is 0. The average molecular weight is 166 g/mol. The second-order valence-electron chi connectivity index (χ2n) is 2.84. The van der Waals surface area contributed by atoms with Gasteiger partial charge in [0.2, 0.25) is 0 Å². The molecule has 0 aromatic heterocycles. The van der Waals surface area contributed by atoms with Gasteiger partial charge in [-0.05, 0) is 18.9 Å². The molecule has 1 heteroatoms. The zero-order chi connectivity index (χ0) is 8.27. The Morgan fingerprint density at radius 1 is 1.45 bits per heavy atom. The Labute approximate surface area is 74.0 Å². The molecule has 0 aliphatic heterocycles. The first kappa shape index (κ1) is 8.66. The largest absolute Gasteiger partial charge is 0.171 e. The fourth-order valence-corrected chi connectivity index (χ4v) is 1.27. The summed E-state index contributed by atoms with van der Waals surface area (Å²) in [5.74, 6) is 0. The predicted molar refractivity (Wildman–Crippen MR) is 53.2 cm³/mol. The lowest BCUT2D eigenvalue weighted by molar-refractivity contribution is 0.901. The summed E-state index contributed by atoms with van der Waals surface area (Å²) in [6.07, 6.45) is 1.09. The van der Waals surface area contributed by atoms with E-state index in [4.69, 9.17) is 0 Å². The van der Waals surface area contributed by atoms with E-state index in [-0.39, 0.29) is 0 Å². The highest BCUT2D eigenvalue weighted by Crippen LogP contribution is 2.23. The molecule has 0 aliphatic rings. The van der Waals surface area contributed by atoms with Crippen molar-refractivity contribution in [1.82, 2.24) is 0 Å². The van der Waals surface area contributed by atoms with Crippen LogP contribution in [0, 0.1) is 6.92 Å². The van der Waals surface area contributed by atoms with Crippen molar-refractivity contribution in [3.05, 3.63) is 35.4 Å². The molecule has 0 amide bonds. The predicted octanol–water partition coefficient (Wildman–Crippen LogP) is 3.38. The zero-order valence-corrected chi connectivity index (χ0v) is 7.94. The molecule has 0 aliphatic carbocycles. The number of hydrogen-bond donors (Lipinski definition) is 1. The maximum atomic E-state index is 4.47. The second kappa shape index (κ2) is 3.82. The second-order valence-corrected chi connectivity index (χ2v) is 3.46. The number of rotatable bonds is 2. The van der Waals surface area contributed by atoms with Crippen molar-refractivity contribution in [2.45, 2.75) is 25.5 Å². The van der Waals surface area contributed by atoms with Crippen molar-refractivity contribution in [2.24, 2.45) is 0 Å². The summed E-state index contributed by atoms with van der Waals surface area (Å²) in [6, 6.07) is 8.53. The molecule has 1 rings (SSSR count). The van der Waals surface area contributed by atoms with Crippen LogP contribution in [-0.4, -0.2) is 0 Å². The van der Waals surface area contributed by atoms with E-state index in [0.717, 1.165) is 6.42 Å². The van der Waals surface area contributed by atoms with Crippen molar-refractivity contribution in [3.63, 3.8) is 0 Å². The molecule has 0 heterocycles. The number of aryl methyl sites for hydroxylation is 1. The highest BCUT2D eigenvalue weighted by molar-refractivity contribution is 7.80. The topological polar surface area (TPSA) is 0 Å². The van der Waals surface area contributed by atoms with Crippen molar-refractivity contribution >= 4 is 12.6 Å². The quantitative estimate of drug-likeness (QED) is 0.640. The molecule has 0 radical (unpaired) electrons. The van der Waals surface area contributed by atoms with Crippen LogP contribution in [0.25, 0.3) is 0 Å². The number of benzene rings is 1. The van der Waals surface area contributed by atoms with E-state index in [1.54, 1.807) is 0 Å². The van der Waals surface area contributed by atoms with Crippen LogP contribution in [0.15, 0.2) is 24.3 Å². The van der Waals surface area contributed by atoms with E-state index < -0.39 is 0 Å². The lowest BCUT2D eigenvalue weighted by Gasteiger charge is -2.07. The minimum absolute atomic E-state index is 0.398. The summed E-state index contributed by atoms with van der Waals surface area (Å²) < 4.78 is 0. The SMILES string of the molecule is CCC(S)c1cccc(C)c1. The minimum Gasteiger partial charge on any atom is -0.171 e. The first-order valence-corrected chi connectivity index (χ1v) is 4.50. The minimum atomic E-state index is 0.398. The van der Waals surface area contributed by atoms with Gasteiger partial charge in [0.15, 0.2) is 0 Å². The molecule has 11 heavy (non-hydrogen) atoms. The lowest BCUT2D eigenvalue weighted by Crippen LogP contribution is -1.87. The van der Waals surface area contributed by atoms with Gasteiger partial charge in [-0.15, -0.1) is 0 Å². The maximum absolute atomic E-state index is 4.47. The smallest absolute Gasteiger partial charge is 0.0264 e. The molecule has 1 atom stereocenters. The number of hydrogen-bond acceptors (Lipinski definition) is 1. The molecule has 1 aromatic carbocycles. The Bertz CT molecular complexity index is 230. The Balaban J connectivity index is 2.86. The van der Waals surface area contributed by atoms with E-state index in [9.17, 15) is 0 Å². The van der Waals surface area contributed by atoms with Crippen molar-refractivity contribution in [2.75, 3.05) is 0 Å². The molecule has 0 saturated carbocycles. The van der Waals surface area contributed by atoms with Crippen LogP contribution in [-0.2, 0) is 0 Å². The van der Waals surface area contributed by atoms with E-state index in [0.29, 0.717) is 5.25 Å². The third-order valence-electron chi connectivity index (χ3n) is 1.81. The third kappa shape index (κ3) is 2.26. The van der Waals surface area contributed by atoms with Gasteiger partial charge in [0.05, 0.1) is 0 Å². The normalized spacial score (nSPS) is 13.0. The van der Waals surface area contributed by atoms with E-state index in [1.165, 1.54) is 11.1 Å². The Morgan fingerprint density at radius 2 is 2.18 bits per heavy atom. The van der Waals surface area contributed by atoms with E-state index >= 15 is 0 Å². The first-order chi connectivity index (χ1) is 5.24. The highest BCUT2D eigenvalue weighted by atomic mass is 32.1. The van der Waals surface area contributed by atoms with Crippen molar-refractivity contribution < 1.29 is 0 Å². The first-order valence-electron chi connectivity index (χ1n) is 3.98. The van der Waals surface area contributed by atoms with Crippen LogP contribution in [0.1, 0.15) is 29.7 Å². The zero-order valence-electron chi connectivity index (χ0n) is 7.04. The molecular weight excluding hydrogens is 152 g/mol. The van der Waals surface area contributed by atoms with Gasteiger partial charge in [-0.2, -0.15) is 12.6 Å². The summed E-state index contributed by atoms with van der Waals surface area (Å²) in [5, 5.41) is 0.398. The monoisotopic (exact) mass is 166 g/mol. The van der Waals surface area contributed by atoms with Gasteiger partial charge < -0.3 is 0 Å². The van der Waals surface area contributed by atoms with E-state index in [1.807, 2.05) is 0 Å². The molecule has 60 valence electrons. The van der Waals surface area contributed by atoms with Crippen molar-refractivity contribution in [1.29, 1.82) is 0 Å². The van der Waals surface area contributed by atoms with Crippen molar-refractivity contribution in [3.8, 4) is 0 Å². The Morgan fingerprint density at radius 3 is 2.73 bits per heavy atom. The molecule has 0 fully saturated rings. The van der Waals surface area contributed by atoms with Gasteiger partial charge >= 0.3 is 0 Å². The molecule has 0 bridgehead atoms. The summed E-state index contributed by atoms with van der Waals surface area (Å²) in [4.78, 5) is 0. The summed E-state index contributed by atoms with van der Waals surface area (Å²) >= 11 is 4.47. The molecule has 0 nitrogen and oxygen atoms in total. The van der Waals surface area contributed by atoms with Gasteiger partial charge in [-0.3, -0.25) is 0 Å². The number of thiol groups is 1. The average Bonchev–Trinajstić information content (AvgIpc) is 2.03. The van der Waals surface area contributed by atoms with Gasteiger partial charge in [-0.25, -0.2) is 0 Å². The molecule has 0 saturated heterocycles. The van der Waals surface area contributed by atoms with Gasteiger partial charge in [-0.1, -0.05) is 36.8 Å². The van der Waals surface area contributed by atoms with Crippen LogP contribution in [0.2, 0.25) is 0 Å². The Kier molecular flexibility index (Phi) is 3.01. The molecule has 1 aromatic rings. The van der Waals surface area contributed by atoms with Crippen LogP contribution < -0.4 is 0 Å². The van der Waals surface area contributed by atoms with Gasteiger partial charge in [0.25, 0.3) is 0 Å². The highest BCUT2D eigenvalue weighted by Gasteiger charge is 2.01. The lowest BCUT2D eigenvalue weighted by atomic mass is 10.1. The fraction of sp³-hybridized carbons (Fsp3) is 0.400. The molecule has 0 N–H and O–H groups in total. The summed E-state index contributed by atoms with van der Waals surface area (Å²) in [5.41, 5.74) is 2.64. The van der Waals surface area contributed by atoms with Crippen LogP contribution in [0.3, 0.4) is 0 Å². The van der Waals surface area contributed by atoms with E-state index in [2.05, 4.69) is 50.7 Å². The summed E-state index contributed by atoms with van der Waals surface area (Å²) in [6.45, 7) is 4.26. The maximum Gasteiger partial charge on any atom is 0.0264 e. The van der Waals surface area contributed by atoms with Crippen LogP contribution in [0.4, 0.5) is 0 Å². The Hall–Kier alpha value is -0.430. The molecule has 1 unspecified atom stereocenters. The van der Waals surface area contributed by atoms with Gasteiger partial charge in [0.1, 0.15) is 0 Å². The third-order valence-corrected chi connectivity index (χ3v) is 2.48. The van der Waals surface area contributed by atoms with Crippen LogP contribution >= 0.6 is 12.6 Å². The van der Waals surface area contributed by atoms with Crippen LogP contribution in [0.5, 0.6) is 0 Å². The standard InChI is InChI=1S/C10H14S/c1-3-10(11)9-6-4-5-8(2)7-9/h4-7,10-11H,3H2,1-2H3.